The molecule has 0 N–H and O–H groups in total. The lowest BCUT2D eigenvalue weighted by molar-refractivity contribution is 0.0594. The molecule has 0 bridgehead atoms. The summed E-state index contributed by atoms with van der Waals surface area (Å²) in [6.45, 7) is 0.588. The summed E-state index contributed by atoms with van der Waals surface area (Å²) in [6.07, 6.45) is 1.65. The van der Waals surface area contributed by atoms with Gasteiger partial charge in [-0.05, 0) is 17.7 Å². The highest BCUT2D eigenvalue weighted by molar-refractivity contribution is 5.88. The average Bonchev–Trinajstić information content (AvgIpc) is 2.48. The Bertz CT molecular complexity index is 580. The number of esters is 1. The van der Waals surface area contributed by atoms with Gasteiger partial charge in [0.15, 0.2) is 0 Å². The SMILES string of the molecule is COC(=O)c1cccc(/C=N/Cc2ccccc2)n1. The van der Waals surface area contributed by atoms with Crippen molar-refractivity contribution in [3.63, 3.8) is 0 Å². The van der Waals surface area contributed by atoms with Gasteiger partial charge in [-0.15, -0.1) is 0 Å². The van der Waals surface area contributed by atoms with Crippen molar-refractivity contribution in [2.45, 2.75) is 6.54 Å². The number of aromatic nitrogens is 1. The largest absolute Gasteiger partial charge is 0.464 e. The van der Waals surface area contributed by atoms with Gasteiger partial charge in [0.1, 0.15) is 5.69 Å². The van der Waals surface area contributed by atoms with Crippen LogP contribution in [0.2, 0.25) is 0 Å². The normalized spacial score (nSPS) is 10.6. The van der Waals surface area contributed by atoms with Crippen LogP contribution in [0.5, 0.6) is 0 Å². The Morgan fingerprint density at radius 3 is 2.74 bits per heavy atom. The van der Waals surface area contributed by atoms with E-state index in [-0.39, 0.29) is 5.69 Å². The molecule has 96 valence electrons. The third kappa shape index (κ3) is 3.74. The van der Waals surface area contributed by atoms with Crippen LogP contribution < -0.4 is 0 Å². The first kappa shape index (κ1) is 13.0. The van der Waals surface area contributed by atoms with Gasteiger partial charge in [-0.3, -0.25) is 4.99 Å². The molecule has 1 aromatic heterocycles. The van der Waals surface area contributed by atoms with E-state index in [9.17, 15) is 4.79 Å². The molecule has 0 saturated carbocycles. The Balaban J connectivity index is 2.05. The van der Waals surface area contributed by atoms with Gasteiger partial charge in [-0.1, -0.05) is 36.4 Å². The van der Waals surface area contributed by atoms with Crippen molar-refractivity contribution in [1.82, 2.24) is 4.98 Å². The molecule has 4 heteroatoms. The molecule has 0 aliphatic rings. The summed E-state index contributed by atoms with van der Waals surface area (Å²) in [6, 6.07) is 15.1. The van der Waals surface area contributed by atoms with Crippen molar-refractivity contribution in [2.75, 3.05) is 7.11 Å². The molecule has 2 aromatic rings. The first-order valence-electron chi connectivity index (χ1n) is 5.89. The molecule has 0 aliphatic carbocycles. The highest BCUT2D eigenvalue weighted by Crippen LogP contribution is 2.02. The molecule has 0 atom stereocenters. The lowest BCUT2D eigenvalue weighted by Crippen LogP contribution is -2.05. The lowest BCUT2D eigenvalue weighted by Gasteiger charge is -1.99. The number of carbonyl (C=O) groups is 1. The second-order valence-electron chi connectivity index (χ2n) is 3.89. The first-order chi connectivity index (χ1) is 9.29. The quantitative estimate of drug-likeness (QED) is 0.622. The minimum absolute atomic E-state index is 0.283. The zero-order valence-electron chi connectivity index (χ0n) is 10.6. The molecular weight excluding hydrogens is 240 g/mol. The van der Waals surface area contributed by atoms with Crippen LogP contribution in [0.25, 0.3) is 0 Å². The van der Waals surface area contributed by atoms with Crippen molar-refractivity contribution < 1.29 is 9.53 Å². The molecular formula is C15H14N2O2. The van der Waals surface area contributed by atoms with E-state index in [2.05, 4.69) is 14.7 Å². The monoisotopic (exact) mass is 254 g/mol. The summed E-state index contributed by atoms with van der Waals surface area (Å²) in [4.78, 5) is 19.8. The van der Waals surface area contributed by atoms with E-state index in [4.69, 9.17) is 0 Å². The molecule has 0 amide bonds. The number of rotatable bonds is 4. The van der Waals surface area contributed by atoms with Crippen LogP contribution in [0, 0.1) is 0 Å². The second kappa shape index (κ2) is 6.44. The molecule has 0 aliphatic heterocycles. The van der Waals surface area contributed by atoms with Gasteiger partial charge in [0.05, 0.1) is 19.3 Å². The van der Waals surface area contributed by atoms with E-state index in [0.717, 1.165) is 5.56 Å². The van der Waals surface area contributed by atoms with Gasteiger partial charge in [0.2, 0.25) is 0 Å². The zero-order valence-corrected chi connectivity index (χ0v) is 10.6. The average molecular weight is 254 g/mol. The van der Waals surface area contributed by atoms with Crippen LogP contribution in [-0.4, -0.2) is 24.3 Å². The third-order valence-corrected chi connectivity index (χ3v) is 2.51. The van der Waals surface area contributed by atoms with Crippen LogP contribution in [0.4, 0.5) is 0 Å². The van der Waals surface area contributed by atoms with Crippen LogP contribution in [0.1, 0.15) is 21.7 Å². The number of aliphatic imine (C=N–C) groups is 1. The van der Waals surface area contributed by atoms with Crippen molar-refractivity contribution in [3.8, 4) is 0 Å². The number of nitrogens with zero attached hydrogens (tertiary/aromatic N) is 2. The van der Waals surface area contributed by atoms with Crippen LogP contribution in [0.15, 0.2) is 53.5 Å². The molecule has 2 rings (SSSR count). The van der Waals surface area contributed by atoms with E-state index in [1.807, 2.05) is 30.3 Å². The molecule has 0 radical (unpaired) electrons. The molecule has 0 fully saturated rings. The minimum Gasteiger partial charge on any atom is -0.464 e. The van der Waals surface area contributed by atoms with Crippen molar-refractivity contribution in [2.24, 2.45) is 4.99 Å². The summed E-state index contributed by atoms with van der Waals surface area (Å²) >= 11 is 0. The number of ether oxygens (including phenoxy) is 1. The Morgan fingerprint density at radius 2 is 2.00 bits per heavy atom. The molecule has 0 unspecified atom stereocenters. The van der Waals surface area contributed by atoms with Gasteiger partial charge in [0, 0.05) is 6.21 Å². The van der Waals surface area contributed by atoms with Crippen molar-refractivity contribution in [1.29, 1.82) is 0 Å². The summed E-state index contributed by atoms with van der Waals surface area (Å²) in [5.74, 6) is -0.446. The predicted molar refractivity (Wildman–Crippen MR) is 73.3 cm³/mol. The highest BCUT2D eigenvalue weighted by atomic mass is 16.5. The maximum Gasteiger partial charge on any atom is 0.356 e. The van der Waals surface area contributed by atoms with Gasteiger partial charge < -0.3 is 4.74 Å². The standard InChI is InChI=1S/C15H14N2O2/c1-19-15(18)14-9-5-8-13(17-14)11-16-10-12-6-3-2-4-7-12/h2-9,11H,10H2,1H3/b16-11+. The van der Waals surface area contributed by atoms with Crippen LogP contribution in [0.3, 0.4) is 0 Å². The number of benzene rings is 1. The predicted octanol–water partition coefficient (Wildman–Crippen LogP) is 2.49. The number of carbonyl (C=O) groups excluding carboxylic acids is 1. The van der Waals surface area contributed by atoms with E-state index < -0.39 is 5.97 Å². The Labute approximate surface area is 111 Å². The maximum atomic E-state index is 11.3. The topological polar surface area (TPSA) is 51.5 Å². The Hall–Kier alpha value is -2.49. The molecule has 19 heavy (non-hydrogen) atoms. The number of hydrogen-bond acceptors (Lipinski definition) is 4. The molecule has 1 heterocycles. The maximum absolute atomic E-state index is 11.3. The summed E-state index contributed by atoms with van der Waals surface area (Å²) < 4.78 is 4.62. The van der Waals surface area contributed by atoms with Gasteiger partial charge in [-0.2, -0.15) is 0 Å². The van der Waals surface area contributed by atoms with E-state index in [0.29, 0.717) is 12.2 Å². The van der Waals surface area contributed by atoms with Crippen molar-refractivity contribution in [3.05, 3.63) is 65.5 Å². The van der Waals surface area contributed by atoms with E-state index in [1.54, 1.807) is 24.4 Å². The lowest BCUT2D eigenvalue weighted by atomic mass is 10.2. The van der Waals surface area contributed by atoms with Gasteiger partial charge in [-0.25, -0.2) is 9.78 Å². The molecule has 0 saturated heterocycles. The summed E-state index contributed by atoms with van der Waals surface area (Å²) in [5, 5.41) is 0. The van der Waals surface area contributed by atoms with Crippen LogP contribution in [-0.2, 0) is 11.3 Å². The highest BCUT2D eigenvalue weighted by Gasteiger charge is 2.06. The van der Waals surface area contributed by atoms with Gasteiger partial charge >= 0.3 is 5.97 Å². The summed E-state index contributed by atoms with van der Waals surface area (Å²) in [5.41, 5.74) is 2.05. The fraction of sp³-hybridized carbons (Fsp3) is 0.133. The molecule has 1 aromatic carbocycles. The van der Waals surface area contributed by atoms with E-state index >= 15 is 0 Å². The van der Waals surface area contributed by atoms with Gasteiger partial charge in [0.25, 0.3) is 0 Å². The first-order valence-corrected chi connectivity index (χ1v) is 5.89. The molecule has 4 nitrogen and oxygen atoms in total. The van der Waals surface area contributed by atoms with E-state index in [1.165, 1.54) is 7.11 Å². The van der Waals surface area contributed by atoms with Crippen LogP contribution >= 0.6 is 0 Å². The fourth-order valence-electron chi connectivity index (χ4n) is 1.57. The number of methoxy groups -OCH3 is 1. The second-order valence-corrected chi connectivity index (χ2v) is 3.89. The fourth-order valence-corrected chi connectivity index (χ4v) is 1.57. The Morgan fingerprint density at radius 1 is 1.21 bits per heavy atom. The smallest absolute Gasteiger partial charge is 0.356 e. The number of hydrogen-bond donors (Lipinski definition) is 0. The molecule has 0 spiro atoms. The summed E-state index contributed by atoms with van der Waals surface area (Å²) in [7, 11) is 1.33. The third-order valence-electron chi connectivity index (χ3n) is 2.51. The minimum atomic E-state index is -0.446. The Kier molecular flexibility index (Phi) is 4.39. The van der Waals surface area contributed by atoms with Crippen molar-refractivity contribution >= 4 is 12.2 Å². The zero-order chi connectivity index (χ0) is 13.5. The number of pyridine rings is 1.